The molecular formula is C25H27N3O3S. The predicted octanol–water partition coefficient (Wildman–Crippen LogP) is 3.71. The fourth-order valence-electron chi connectivity index (χ4n) is 4.26. The van der Waals surface area contributed by atoms with Crippen LogP contribution in [-0.4, -0.2) is 36.6 Å². The first kappa shape index (κ1) is 22.3. The van der Waals surface area contributed by atoms with Gasteiger partial charge in [0.1, 0.15) is 0 Å². The average molecular weight is 450 g/mol. The lowest BCUT2D eigenvalue weighted by Crippen LogP contribution is -2.51. The Morgan fingerprint density at radius 1 is 1.09 bits per heavy atom. The highest BCUT2D eigenvalue weighted by molar-refractivity contribution is 7.86. The van der Waals surface area contributed by atoms with E-state index in [0.29, 0.717) is 25.1 Å². The van der Waals surface area contributed by atoms with E-state index in [-0.39, 0.29) is 17.6 Å². The summed E-state index contributed by atoms with van der Waals surface area (Å²) in [5.74, 6) is 0.143. The molecular weight excluding hydrogens is 422 g/mol. The van der Waals surface area contributed by atoms with E-state index >= 15 is 0 Å². The number of pyridine rings is 1. The van der Waals surface area contributed by atoms with Gasteiger partial charge >= 0.3 is 0 Å². The third kappa shape index (κ3) is 4.80. The first-order chi connectivity index (χ1) is 15.2. The molecule has 4 rings (SSSR count). The SMILES string of the molecule is Cc1cc(C(=O)CC(c2ccc(C3CN(S(N)(=O)=O)C3)cc2)c2ccccc2C)ccn1. The molecule has 166 valence electrons. The van der Waals surface area contributed by atoms with Crippen molar-refractivity contribution in [3.8, 4) is 0 Å². The maximum absolute atomic E-state index is 13.1. The van der Waals surface area contributed by atoms with Crippen molar-refractivity contribution in [3.05, 3.63) is 100 Å². The fourth-order valence-corrected chi connectivity index (χ4v) is 5.04. The number of hydrogen-bond acceptors (Lipinski definition) is 4. The summed E-state index contributed by atoms with van der Waals surface area (Å²) < 4.78 is 24.1. The Kier molecular flexibility index (Phi) is 6.24. The Morgan fingerprint density at radius 3 is 2.41 bits per heavy atom. The summed E-state index contributed by atoms with van der Waals surface area (Å²) in [5, 5.41) is 5.19. The lowest BCUT2D eigenvalue weighted by atomic mass is 9.82. The van der Waals surface area contributed by atoms with Crippen LogP contribution in [0.25, 0.3) is 0 Å². The van der Waals surface area contributed by atoms with Crippen molar-refractivity contribution in [2.45, 2.75) is 32.1 Å². The molecule has 0 amide bonds. The van der Waals surface area contributed by atoms with Crippen molar-refractivity contribution in [1.29, 1.82) is 0 Å². The molecule has 1 atom stereocenters. The number of carbonyl (C=O) groups is 1. The van der Waals surface area contributed by atoms with Crippen LogP contribution in [-0.2, 0) is 10.2 Å². The topological polar surface area (TPSA) is 93.4 Å². The highest BCUT2D eigenvalue weighted by atomic mass is 32.2. The van der Waals surface area contributed by atoms with Crippen molar-refractivity contribution < 1.29 is 13.2 Å². The summed E-state index contributed by atoms with van der Waals surface area (Å²) in [4.78, 5) is 17.3. The number of ketones is 1. The number of aryl methyl sites for hydroxylation is 2. The lowest BCUT2D eigenvalue weighted by molar-refractivity contribution is 0.0977. The smallest absolute Gasteiger partial charge is 0.276 e. The maximum atomic E-state index is 13.1. The van der Waals surface area contributed by atoms with Crippen LogP contribution in [0.15, 0.2) is 66.9 Å². The Balaban J connectivity index is 1.59. The van der Waals surface area contributed by atoms with Crippen molar-refractivity contribution in [2.75, 3.05) is 13.1 Å². The molecule has 1 aliphatic heterocycles. The molecule has 1 unspecified atom stereocenters. The van der Waals surface area contributed by atoms with Crippen molar-refractivity contribution >= 4 is 16.0 Å². The van der Waals surface area contributed by atoms with Gasteiger partial charge in [-0.2, -0.15) is 12.7 Å². The van der Waals surface area contributed by atoms with Gasteiger partial charge in [-0.1, -0.05) is 48.5 Å². The molecule has 0 aliphatic carbocycles. The Bertz CT molecular complexity index is 1230. The molecule has 0 bridgehead atoms. The van der Waals surface area contributed by atoms with Gasteiger partial charge in [-0.15, -0.1) is 0 Å². The minimum Gasteiger partial charge on any atom is -0.294 e. The average Bonchev–Trinajstić information content (AvgIpc) is 2.71. The third-order valence-corrected chi connectivity index (χ3v) is 7.21. The molecule has 1 fully saturated rings. The zero-order valence-electron chi connectivity index (χ0n) is 18.2. The number of rotatable bonds is 7. The van der Waals surface area contributed by atoms with Crippen LogP contribution in [0, 0.1) is 13.8 Å². The van der Waals surface area contributed by atoms with Gasteiger partial charge in [-0.25, -0.2) is 5.14 Å². The lowest BCUT2D eigenvalue weighted by Gasteiger charge is -2.37. The normalized spacial score (nSPS) is 15.8. The van der Waals surface area contributed by atoms with Crippen molar-refractivity contribution in [3.63, 3.8) is 0 Å². The third-order valence-electron chi connectivity index (χ3n) is 6.19. The largest absolute Gasteiger partial charge is 0.294 e. The minimum absolute atomic E-state index is 0.0754. The molecule has 0 spiro atoms. The van der Waals surface area contributed by atoms with Crippen LogP contribution >= 0.6 is 0 Å². The second-order valence-corrected chi connectivity index (χ2v) is 9.99. The van der Waals surface area contributed by atoms with Gasteiger partial charge in [-0.05, 0) is 48.2 Å². The zero-order valence-corrected chi connectivity index (χ0v) is 19.0. The highest BCUT2D eigenvalue weighted by Crippen LogP contribution is 2.34. The van der Waals surface area contributed by atoms with Crippen LogP contribution in [0.1, 0.15) is 56.6 Å². The second kappa shape index (κ2) is 8.94. The molecule has 0 radical (unpaired) electrons. The molecule has 32 heavy (non-hydrogen) atoms. The van der Waals surface area contributed by atoms with E-state index in [0.717, 1.165) is 27.9 Å². The fraction of sp³-hybridized carbons (Fsp3) is 0.280. The van der Waals surface area contributed by atoms with E-state index < -0.39 is 10.2 Å². The van der Waals surface area contributed by atoms with Gasteiger partial charge in [0.2, 0.25) is 0 Å². The summed E-state index contributed by atoms with van der Waals surface area (Å²) in [6.07, 6.45) is 2.03. The Hall–Kier alpha value is -2.87. The summed E-state index contributed by atoms with van der Waals surface area (Å²) in [6, 6.07) is 19.9. The van der Waals surface area contributed by atoms with E-state index in [4.69, 9.17) is 5.14 Å². The van der Waals surface area contributed by atoms with Crippen LogP contribution in [0.5, 0.6) is 0 Å². The quantitative estimate of drug-likeness (QED) is 0.557. The molecule has 1 saturated heterocycles. The standard InChI is InChI=1S/C25H27N3O3S/c1-17-5-3-4-6-23(17)24(14-25(29)21-11-12-27-18(2)13-21)20-9-7-19(8-10-20)22-15-28(16-22)32(26,30)31/h3-13,22,24H,14-16H2,1-2H3,(H2,26,30,31). The van der Waals surface area contributed by atoms with Crippen LogP contribution < -0.4 is 5.14 Å². The number of hydrogen-bond donors (Lipinski definition) is 1. The predicted molar refractivity (Wildman–Crippen MR) is 125 cm³/mol. The van der Waals surface area contributed by atoms with E-state index in [2.05, 4.69) is 36.2 Å². The maximum Gasteiger partial charge on any atom is 0.276 e. The highest BCUT2D eigenvalue weighted by Gasteiger charge is 2.34. The number of benzene rings is 2. The minimum atomic E-state index is -3.62. The summed E-state index contributed by atoms with van der Waals surface area (Å²) in [5.41, 5.74) is 5.90. The van der Waals surface area contributed by atoms with Gasteiger partial charge in [0, 0.05) is 48.8 Å². The van der Waals surface area contributed by atoms with E-state index in [9.17, 15) is 13.2 Å². The van der Waals surface area contributed by atoms with Gasteiger partial charge in [0.15, 0.2) is 5.78 Å². The molecule has 1 aromatic heterocycles. The monoisotopic (exact) mass is 449 g/mol. The molecule has 0 saturated carbocycles. The van der Waals surface area contributed by atoms with E-state index in [1.54, 1.807) is 12.3 Å². The molecule has 6 nitrogen and oxygen atoms in total. The molecule has 2 aromatic carbocycles. The van der Waals surface area contributed by atoms with Crippen molar-refractivity contribution in [1.82, 2.24) is 9.29 Å². The molecule has 2 heterocycles. The van der Waals surface area contributed by atoms with Gasteiger partial charge in [0.05, 0.1) is 0 Å². The summed E-state index contributed by atoms with van der Waals surface area (Å²) >= 11 is 0. The van der Waals surface area contributed by atoms with Crippen LogP contribution in [0.3, 0.4) is 0 Å². The second-order valence-electron chi connectivity index (χ2n) is 8.45. The molecule has 3 aromatic rings. The number of nitrogens with zero attached hydrogens (tertiary/aromatic N) is 2. The first-order valence-corrected chi connectivity index (χ1v) is 12.1. The van der Waals surface area contributed by atoms with E-state index in [1.807, 2.05) is 37.3 Å². The number of carbonyl (C=O) groups excluding carboxylic acids is 1. The van der Waals surface area contributed by atoms with Gasteiger partial charge in [-0.3, -0.25) is 9.78 Å². The Labute approximate surface area is 189 Å². The van der Waals surface area contributed by atoms with Crippen molar-refractivity contribution in [2.24, 2.45) is 5.14 Å². The molecule has 1 aliphatic rings. The number of aromatic nitrogens is 1. The van der Waals surface area contributed by atoms with E-state index in [1.165, 1.54) is 4.31 Å². The number of nitrogens with two attached hydrogens (primary N) is 1. The first-order valence-electron chi connectivity index (χ1n) is 10.6. The van der Waals surface area contributed by atoms with Gasteiger partial charge in [0.25, 0.3) is 10.2 Å². The summed E-state index contributed by atoms with van der Waals surface area (Å²) in [7, 11) is -3.62. The van der Waals surface area contributed by atoms with Crippen LogP contribution in [0.2, 0.25) is 0 Å². The Morgan fingerprint density at radius 2 is 1.78 bits per heavy atom. The number of Topliss-reactive ketones (excluding diaryl/α,β-unsaturated/α-hetero) is 1. The zero-order chi connectivity index (χ0) is 22.9. The van der Waals surface area contributed by atoms with Gasteiger partial charge < -0.3 is 0 Å². The molecule has 2 N–H and O–H groups in total. The van der Waals surface area contributed by atoms with Crippen LogP contribution in [0.4, 0.5) is 0 Å². The molecule has 7 heteroatoms. The summed E-state index contributed by atoms with van der Waals surface area (Å²) in [6.45, 7) is 4.75.